The second-order valence-electron chi connectivity index (χ2n) is 7.26. The summed E-state index contributed by atoms with van der Waals surface area (Å²) < 4.78 is 2.17. The van der Waals surface area contributed by atoms with E-state index in [-0.39, 0.29) is 10.2 Å². The maximum absolute atomic E-state index is 4.80. The van der Waals surface area contributed by atoms with E-state index in [2.05, 4.69) is 55.8 Å². The molecule has 0 bridgehead atoms. The molecular formula is C15H23N5S. The largest absolute Gasteiger partial charge is 0.353 e. The molecule has 1 aliphatic rings. The summed E-state index contributed by atoms with van der Waals surface area (Å²) in [6.07, 6.45) is 0. The average molecular weight is 305 g/mol. The van der Waals surface area contributed by atoms with Crippen molar-refractivity contribution in [3.63, 3.8) is 0 Å². The summed E-state index contributed by atoms with van der Waals surface area (Å²) in [4.78, 5) is 2.36. The Labute approximate surface area is 130 Å². The minimum absolute atomic E-state index is 0.0674. The first kappa shape index (κ1) is 14.6. The Morgan fingerprint density at radius 1 is 1.19 bits per heavy atom. The van der Waals surface area contributed by atoms with Crippen LogP contribution in [0.1, 0.15) is 40.4 Å². The fourth-order valence-corrected chi connectivity index (χ4v) is 3.74. The van der Waals surface area contributed by atoms with E-state index < -0.39 is 0 Å². The topological polar surface area (TPSA) is 46.3 Å². The van der Waals surface area contributed by atoms with Gasteiger partial charge >= 0.3 is 0 Å². The molecule has 0 saturated carbocycles. The molecule has 1 saturated heterocycles. The Hall–Kier alpha value is -1.30. The lowest BCUT2D eigenvalue weighted by molar-refractivity contribution is 0.525. The van der Waals surface area contributed by atoms with Crippen LogP contribution in [0.2, 0.25) is 0 Å². The highest BCUT2D eigenvalue weighted by Gasteiger charge is 2.28. The zero-order chi connectivity index (χ0) is 15.3. The zero-order valence-electron chi connectivity index (χ0n) is 13.4. The summed E-state index contributed by atoms with van der Waals surface area (Å²) in [5.41, 5.74) is 0.747. The maximum atomic E-state index is 4.80. The van der Waals surface area contributed by atoms with E-state index in [0.717, 1.165) is 36.1 Å². The molecule has 0 spiro atoms. The minimum Gasteiger partial charge on any atom is -0.353 e. The minimum atomic E-state index is -0.0674. The van der Waals surface area contributed by atoms with Crippen LogP contribution < -0.4 is 4.90 Å². The standard InChI is InChI=1S/C15H23N5S/c1-14(2,3)13-17-16-11-6-7-12(18-20(11)13)19-8-9-21-15(4,5)10-19/h6-7H,8-10H2,1-5H3. The Kier molecular flexibility index (Phi) is 3.39. The van der Waals surface area contributed by atoms with E-state index in [0.29, 0.717) is 0 Å². The second-order valence-corrected chi connectivity index (χ2v) is 9.07. The van der Waals surface area contributed by atoms with Crippen LogP contribution in [0, 0.1) is 0 Å². The van der Waals surface area contributed by atoms with Crippen LogP contribution >= 0.6 is 11.8 Å². The van der Waals surface area contributed by atoms with Crippen molar-refractivity contribution in [2.24, 2.45) is 0 Å². The van der Waals surface area contributed by atoms with Crippen LogP contribution in [-0.2, 0) is 5.41 Å². The van der Waals surface area contributed by atoms with Gasteiger partial charge in [0.25, 0.3) is 0 Å². The van der Waals surface area contributed by atoms with Gasteiger partial charge in [0, 0.05) is 29.0 Å². The summed E-state index contributed by atoms with van der Waals surface area (Å²) in [5.74, 6) is 3.06. The quantitative estimate of drug-likeness (QED) is 0.810. The van der Waals surface area contributed by atoms with E-state index in [4.69, 9.17) is 5.10 Å². The number of fused-ring (bicyclic) bond motifs is 1. The van der Waals surface area contributed by atoms with Crippen molar-refractivity contribution >= 4 is 23.2 Å². The fraction of sp³-hybridized carbons (Fsp3) is 0.667. The molecule has 0 N–H and O–H groups in total. The zero-order valence-corrected chi connectivity index (χ0v) is 14.2. The Balaban J connectivity index is 2.00. The molecule has 0 radical (unpaired) electrons. The third kappa shape index (κ3) is 2.86. The second kappa shape index (κ2) is 4.87. The molecular weight excluding hydrogens is 282 g/mol. The molecule has 0 amide bonds. The SMILES string of the molecule is CC1(C)CN(c2ccc3nnc(C(C)(C)C)n3n2)CCS1. The molecule has 2 aromatic heterocycles. The monoisotopic (exact) mass is 305 g/mol. The third-order valence-corrected chi connectivity index (χ3v) is 4.97. The van der Waals surface area contributed by atoms with Crippen molar-refractivity contribution < 1.29 is 0 Å². The van der Waals surface area contributed by atoms with E-state index in [9.17, 15) is 0 Å². The molecule has 1 aliphatic heterocycles. The summed E-state index contributed by atoms with van der Waals surface area (Å²) in [7, 11) is 0. The number of thioether (sulfide) groups is 1. The molecule has 5 nitrogen and oxygen atoms in total. The smallest absolute Gasteiger partial charge is 0.178 e. The number of hydrogen-bond acceptors (Lipinski definition) is 5. The van der Waals surface area contributed by atoms with Crippen LogP contribution in [-0.4, -0.2) is 43.4 Å². The molecule has 0 aromatic carbocycles. The van der Waals surface area contributed by atoms with Gasteiger partial charge in [-0.1, -0.05) is 20.8 Å². The van der Waals surface area contributed by atoms with Crippen molar-refractivity contribution in [1.29, 1.82) is 0 Å². The van der Waals surface area contributed by atoms with Crippen LogP contribution in [0.15, 0.2) is 12.1 Å². The van der Waals surface area contributed by atoms with E-state index in [1.165, 1.54) is 0 Å². The summed E-state index contributed by atoms with van der Waals surface area (Å²) in [6, 6.07) is 4.07. The molecule has 3 heterocycles. The van der Waals surface area contributed by atoms with Crippen molar-refractivity contribution in [2.75, 3.05) is 23.7 Å². The van der Waals surface area contributed by atoms with Crippen molar-refractivity contribution in [3.8, 4) is 0 Å². The van der Waals surface area contributed by atoms with Gasteiger partial charge in [-0.25, -0.2) is 0 Å². The first-order valence-corrected chi connectivity index (χ1v) is 8.37. The highest BCUT2D eigenvalue weighted by molar-refractivity contribution is 8.00. The lowest BCUT2D eigenvalue weighted by atomic mass is 9.96. The number of rotatable bonds is 1. The van der Waals surface area contributed by atoms with Gasteiger partial charge in [0.05, 0.1) is 0 Å². The van der Waals surface area contributed by atoms with Gasteiger partial charge in [-0.05, 0) is 26.0 Å². The molecule has 1 fully saturated rings. The summed E-state index contributed by atoms with van der Waals surface area (Å²) in [6.45, 7) is 13.1. The first-order chi connectivity index (χ1) is 9.76. The van der Waals surface area contributed by atoms with Gasteiger partial charge in [-0.15, -0.1) is 15.3 Å². The van der Waals surface area contributed by atoms with Crippen molar-refractivity contribution in [2.45, 2.75) is 44.8 Å². The molecule has 114 valence electrons. The van der Waals surface area contributed by atoms with Gasteiger partial charge in [-0.3, -0.25) is 0 Å². The molecule has 0 aliphatic carbocycles. The van der Waals surface area contributed by atoms with Gasteiger partial charge < -0.3 is 4.90 Å². The number of aromatic nitrogens is 4. The lowest BCUT2D eigenvalue weighted by Crippen LogP contribution is -2.43. The van der Waals surface area contributed by atoms with Crippen LogP contribution in [0.25, 0.3) is 5.65 Å². The first-order valence-electron chi connectivity index (χ1n) is 7.38. The van der Waals surface area contributed by atoms with Crippen molar-refractivity contribution in [1.82, 2.24) is 19.8 Å². The Bertz CT molecular complexity index is 656. The third-order valence-electron chi connectivity index (χ3n) is 3.67. The average Bonchev–Trinajstić information content (AvgIpc) is 2.80. The summed E-state index contributed by atoms with van der Waals surface area (Å²) >= 11 is 2.03. The van der Waals surface area contributed by atoms with Gasteiger partial charge in [-0.2, -0.15) is 16.3 Å². The normalized spacial score (nSPS) is 19.2. The molecule has 21 heavy (non-hydrogen) atoms. The van der Waals surface area contributed by atoms with Crippen LogP contribution in [0.3, 0.4) is 0 Å². The van der Waals surface area contributed by atoms with Gasteiger partial charge in [0.2, 0.25) is 0 Å². The predicted molar refractivity (Wildman–Crippen MR) is 88.2 cm³/mol. The molecule has 0 unspecified atom stereocenters. The van der Waals surface area contributed by atoms with E-state index >= 15 is 0 Å². The van der Waals surface area contributed by atoms with Gasteiger partial charge in [0.15, 0.2) is 11.5 Å². The molecule has 2 aromatic rings. The van der Waals surface area contributed by atoms with Crippen molar-refractivity contribution in [3.05, 3.63) is 18.0 Å². The van der Waals surface area contributed by atoms with Crippen LogP contribution in [0.5, 0.6) is 0 Å². The van der Waals surface area contributed by atoms with Gasteiger partial charge in [0.1, 0.15) is 5.82 Å². The predicted octanol–water partition coefficient (Wildman–Crippen LogP) is 2.75. The number of anilines is 1. The Morgan fingerprint density at radius 3 is 2.62 bits per heavy atom. The lowest BCUT2D eigenvalue weighted by Gasteiger charge is -2.38. The highest BCUT2D eigenvalue weighted by atomic mass is 32.2. The highest BCUT2D eigenvalue weighted by Crippen LogP contribution is 2.31. The molecule has 6 heteroatoms. The van der Waals surface area contributed by atoms with Crippen LogP contribution in [0.4, 0.5) is 5.82 Å². The maximum Gasteiger partial charge on any atom is 0.178 e. The van der Waals surface area contributed by atoms with E-state index in [1.54, 1.807) is 0 Å². The molecule has 3 rings (SSSR count). The number of nitrogens with zero attached hydrogens (tertiary/aromatic N) is 5. The number of hydrogen-bond donors (Lipinski definition) is 0. The summed E-state index contributed by atoms with van der Waals surface area (Å²) in [5, 5.41) is 13.3. The van der Waals surface area contributed by atoms with E-state index in [1.807, 2.05) is 22.3 Å². The Morgan fingerprint density at radius 2 is 1.95 bits per heavy atom. The fourth-order valence-electron chi connectivity index (χ4n) is 2.63. The molecule has 0 atom stereocenters.